The van der Waals surface area contributed by atoms with Crippen LogP contribution in [-0.2, 0) is 10.0 Å². The van der Waals surface area contributed by atoms with Crippen LogP contribution in [-0.4, -0.2) is 65.5 Å². The van der Waals surface area contributed by atoms with Gasteiger partial charge in [-0.05, 0) is 31.4 Å². The third kappa shape index (κ3) is 6.10. The molecule has 1 aromatic carbocycles. The molecule has 32 heavy (non-hydrogen) atoms. The lowest BCUT2D eigenvalue weighted by atomic mass is 9.86. The molecule has 1 aromatic rings. The fourth-order valence-corrected chi connectivity index (χ4v) is 7.13. The summed E-state index contributed by atoms with van der Waals surface area (Å²) in [7, 11) is -3.23. The van der Waals surface area contributed by atoms with E-state index in [1.165, 1.54) is 0 Å². The molecule has 2 fully saturated rings. The van der Waals surface area contributed by atoms with Crippen LogP contribution in [0.2, 0.25) is 0 Å². The van der Waals surface area contributed by atoms with Gasteiger partial charge < -0.3 is 5.32 Å². The first-order valence-electron chi connectivity index (χ1n) is 11.2. The average Bonchev–Trinajstić information content (AvgIpc) is 3.02. The number of hydrogen-bond donors (Lipinski definition) is 1. The number of carbonyl (C=O) groups is 1. The predicted octanol–water partition coefficient (Wildman–Crippen LogP) is 4.42. The number of amides is 1. The molecular formula is C22H34Cl3N3O3S. The van der Waals surface area contributed by atoms with Crippen molar-refractivity contribution < 1.29 is 13.2 Å². The Labute approximate surface area is 208 Å². The fraction of sp³-hybridized carbons (Fsp3) is 0.682. The van der Waals surface area contributed by atoms with E-state index >= 15 is 0 Å². The van der Waals surface area contributed by atoms with E-state index in [0.29, 0.717) is 38.2 Å². The van der Waals surface area contributed by atoms with Crippen molar-refractivity contribution >= 4 is 51.5 Å². The first-order valence-corrected chi connectivity index (χ1v) is 13.6. The minimum atomic E-state index is -3.23. The molecule has 0 bridgehead atoms. The van der Waals surface area contributed by atoms with Crippen LogP contribution in [0.4, 0.5) is 0 Å². The molecule has 0 radical (unpaired) electrons. The lowest BCUT2D eigenvalue weighted by molar-refractivity contribution is 0.0195. The highest BCUT2D eigenvalue weighted by molar-refractivity contribution is 7.89. The summed E-state index contributed by atoms with van der Waals surface area (Å²) in [4.78, 5) is 15.1. The van der Waals surface area contributed by atoms with E-state index in [4.69, 9.17) is 23.2 Å². The molecule has 1 aliphatic heterocycles. The molecule has 1 N–H and O–H groups in total. The van der Waals surface area contributed by atoms with Crippen LogP contribution in [0.25, 0.3) is 0 Å². The summed E-state index contributed by atoms with van der Waals surface area (Å²) in [5.41, 5.74) is -0.134. The van der Waals surface area contributed by atoms with Gasteiger partial charge in [-0.15, -0.1) is 12.4 Å². The lowest BCUT2D eigenvalue weighted by Gasteiger charge is -2.52. The molecule has 10 heteroatoms. The molecule has 1 amide bonds. The molecule has 182 valence electrons. The first kappa shape index (κ1) is 27.7. The van der Waals surface area contributed by atoms with Crippen LogP contribution < -0.4 is 5.32 Å². The first-order chi connectivity index (χ1) is 14.7. The average molecular weight is 527 g/mol. The van der Waals surface area contributed by atoms with Crippen molar-refractivity contribution in [2.24, 2.45) is 0 Å². The van der Waals surface area contributed by atoms with Gasteiger partial charge in [0.25, 0.3) is 5.91 Å². The van der Waals surface area contributed by atoms with Crippen molar-refractivity contribution in [1.29, 1.82) is 0 Å². The molecule has 0 atom stereocenters. The second-order valence-corrected chi connectivity index (χ2v) is 12.0. The van der Waals surface area contributed by atoms with Crippen LogP contribution in [0.15, 0.2) is 30.3 Å². The van der Waals surface area contributed by atoms with Crippen molar-refractivity contribution in [2.75, 3.05) is 31.9 Å². The normalized spacial score (nSPS) is 20.7. The number of carbonyl (C=O) groups excluding carboxylic acids is 1. The maximum absolute atomic E-state index is 12.9. The molecule has 0 aromatic heterocycles. The molecule has 0 spiro atoms. The Morgan fingerprint density at radius 2 is 1.59 bits per heavy atom. The number of alkyl halides is 2. The summed E-state index contributed by atoms with van der Waals surface area (Å²) in [6.45, 7) is 3.80. The van der Waals surface area contributed by atoms with Gasteiger partial charge in [-0.2, -0.15) is 4.31 Å². The minimum Gasteiger partial charge on any atom is -0.319 e. The van der Waals surface area contributed by atoms with Crippen molar-refractivity contribution in [3.8, 4) is 0 Å². The quantitative estimate of drug-likeness (QED) is 0.324. The van der Waals surface area contributed by atoms with Gasteiger partial charge in [0.05, 0.1) is 11.3 Å². The molecule has 6 nitrogen and oxygen atoms in total. The van der Waals surface area contributed by atoms with E-state index in [1.807, 2.05) is 13.0 Å². The predicted molar refractivity (Wildman–Crippen MR) is 133 cm³/mol. The fourth-order valence-electron chi connectivity index (χ4n) is 4.84. The van der Waals surface area contributed by atoms with Gasteiger partial charge in [-0.25, -0.2) is 8.42 Å². The van der Waals surface area contributed by atoms with Gasteiger partial charge in [-0.1, -0.05) is 74.0 Å². The van der Waals surface area contributed by atoms with Crippen LogP contribution >= 0.6 is 35.6 Å². The minimum absolute atomic E-state index is 0. The van der Waals surface area contributed by atoms with E-state index in [-0.39, 0.29) is 24.1 Å². The van der Waals surface area contributed by atoms with Crippen molar-refractivity contribution in [2.45, 2.75) is 61.9 Å². The number of halogens is 3. The monoisotopic (exact) mass is 525 g/mol. The van der Waals surface area contributed by atoms with E-state index in [9.17, 15) is 13.2 Å². The second kappa shape index (κ2) is 11.7. The second-order valence-electron chi connectivity index (χ2n) is 8.54. The Morgan fingerprint density at radius 3 is 2.12 bits per heavy atom. The standard InChI is InChI=1S/C22H33Cl2N3O3S.ClH/c1-2-18-31(29,30)27-16-14-26(15-17-27)21(12-8-3-4-9-13-21)22(23,24)25-20(28)19-10-6-5-7-11-19;/h5-7,10-11H,2-4,8-9,12-18H2,1H3,(H,25,28);1H. The van der Waals surface area contributed by atoms with Gasteiger partial charge in [0.1, 0.15) is 0 Å². The summed E-state index contributed by atoms with van der Waals surface area (Å²) >= 11 is 13.9. The molecule has 1 aliphatic carbocycles. The Kier molecular flexibility index (Phi) is 10.1. The highest BCUT2D eigenvalue weighted by atomic mass is 35.5. The van der Waals surface area contributed by atoms with Crippen LogP contribution in [0.5, 0.6) is 0 Å². The zero-order chi connectivity index (χ0) is 22.5. The van der Waals surface area contributed by atoms with Gasteiger partial charge in [0.2, 0.25) is 14.5 Å². The summed E-state index contributed by atoms with van der Waals surface area (Å²) in [6.07, 6.45) is 6.26. The number of piperazine rings is 1. The van der Waals surface area contributed by atoms with Gasteiger partial charge >= 0.3 is 0 Å². The van der Waals surface area contributed by atoms with E-state index < -0.39 is 20.0 Å². The molecule has 2 aliphatic rings. The number of rotatable bonds is 7. The van der Waals surface area contributed by atoms with Crippen LogP contribution in [0.1, 0.15) is 62.2 Å². The zero-order valence-electron chi connectivity index (χ0n) is 18.6. The topological polar surface area (TPSA) is 69.7 Å². The Bertz CT molecular complexity index is 836. The number of benzene rings is 1. The molecule has 1 heterocycles. The highest BCUT2D eigenvalue weighted by Crippen LogP contribution is 2.46. The number of hydrogen-bond acceptors (Lipinski definition) is 4. The highest BCUT2D eigenvalue weighted by Gasteiger charge is 2.54. The maximum Gasteiger partial charge on any atom is 0.253 e. The smallest absolute Gasteiger partial charge is 0.253 e. The Morgan fingerprint density at radius 1 is 1.03 bits per heavy atom. The van der Waals surface area contributed by atoms with E-state index in [0.717, 1.165) is 38.5 Å². The summed E-state index contributed by atoms with van der Waals surface area (Å²) in [5.74, 6) is -0.140. The number of nitrogens with zero attached hydrogens (tertiary/aromatic N) is 2. The molecular weight excluding hydrogens is 493 g/mol. The third-order valence-electron chi connectivity index (χ3n) is 6.52. The zero-order valence-corrected chi connectivity index (χ0v) is 21.7. The van der Waals surface area contributed by atoms with Crippen LogP contribution in [0, 0.1) is 0 Å². The molecule has 1 saturated heterocycles. The van der Waals surface area contributed by atoms with Gasteiger partial charge in [0.15, 0.2) is 0 Å². The van der Waals surface area contributed by atoms with Crippen molar-refractivity contribution in [1.82, 2.24) is 14.5 Å². The van der Waals surface area contributed by atoms with Crippen molar-refractivity contribution in [3.63, 3.8) is 0 Å². The SMILES string of the molecule is CCCS(=O)(=O)N1CCN(C2(C(Cl)(Cl)NC(=O)c3ccccc3)CCCCCC2)CC1.Cl. The Hall–Kier alpha value is -0.570. The molecule has 0 unspecified atom stereocenters. The molecule has 3 rings (SSSR count). The summed E-state index contributed by atoms with van der Waals surface area (Å²) in [5, 5.41) is 2.89. The number of nitrogens with one attached hydrogen (secondary N) is 1. The largest absolute Gasteiger partial charge is 0.319 e. The third-order valence-corrected chi connectivity index (χ3v) is 9.49. The summed E-state index contributed by atoms with van der Waals surface area (Å²) < 4.78 is 25.1. The molecule has 1 saturated carbocycles. The van der Waals surface area contributed by atoms with Crippen molar-refractivity contribution in [3.05, 3.63) is 35.9 Å². The lowest BCUT2D eigenvalue weighted by Crippen LogP contribution is -2.68. The van der Waals surface area contributed by atoms with Gasteiger partial charge in [-0.3, -0.25) is 9.69 Å². The summed E-state index contributed by atoms with van der Waals surface area (Å²) in [6, 6.07) is 8.92. The van der Waals surface area contributed by atoms with E-state index in [2.05, 4.69) is 10.2 Å². The maximum atomic E-state index is 12.9. The Balaban J connectivity index is 0.00000363. The number of sulfonamides is 1. The van der Waals surface area contributed by atoms with Crippen LogP contribution in [0.3, 0.4) is 0 Å². The van der Waals surface area contributed by atoms with Gasteiger partial charge in [0, 0.05) is 31.7 Å². The van der Waals surface area contributed by atoms with E-state index in [1.54, 1.807) is 28.6 Å².